The van der Waals surface area contributed by atoms with Crippen molar-refractivity contribution in [3.05, 3.63) is 29.0 Å². The van der Waals surface area contributed by atoms with E-state index < -0.39 is 28.0 Å². The van der Waals surface area contributed by atoms with Crippen molar-refractivity contribution in [1.29, 1.82) is 0 Å². The predicted octanol–water partition coefficient (Wildman–Crippen LogP) is 2.06. The maximum absolute atomic E-state index is 13.0. The molecule has 1 aromatic rings. The molecule has 2 N–H and O–H groups in total. The Kier molecular flexibility index (Phi) is 4.45. The van der Waals surface area contributed by atoms with Crippen molar-refractivity contribution < 1.29 is 17.9 Å². The van der Waals surface area contributed by atoms with E-state index in [1.54, 1.807) is 0 Å². The lowest BCUT2D eigenvalue weighted by Crippen LogP contribution is -2.44. The third-order valence-corrected chi connectivity index (χ3v) is 5.01. The zero-order valence-electron chi connectivity index (χ0n) is 10.1. The van der Waals surface area contributed by atoms with E-state index in [1.807, 2.05) is 0 Å². The highest BCUT2D eigenvalue weighted by atomic mass is 35.5. The molecule has 19 heavy (non-hydrogen) atoms. The molecule has 0 spiro atoms. The minimum absolute atomic E-state index is 0.100. The fourth-order valence-electron chi connectivity index (χ4n) is 2.16. The lowest BCUT2D eigenvalue weighted by atomic mass is 9.93. The normalized spacial score (nSPS) is 24.4. The standard InChI is InChI=1S/C12H15ClFNO3S/c13-9-7-8(5-6-10(9)14)19(17,18)15-11-3-1-2-4-12(11)16/h5-7,11-12,15-16H,1-4H2/t11-,12-/m0/s1. The van der Waals surface area contributed by atoms with E-state index in [1.165, 1.54) is 0 Å². The lowest BCUT2D eigenvalue weighted by molar-refractivity contribution is 0.101. The highest BCUT2D eigenvalue weighted by Crippen LogP contribution is 2.23. The van der Waals surface area contributed by atoms with Crippen LogP contribution in [0.15, 0.2) is 23.1 Å². The van der Waals surface area contributed by atoms with Crippen LogP contribution in [0.1, 0.15) is 25.7 Å². The summed E-state index contributed by atoms with van der Waals surface area (Å²) in [4.78, 5) is -0.100. The molecule has 0 unspecified atom stereocenters. The van der Waals surface area contributed by atoms with Crippen LogP contribution < -0.4 is 4.72 Å². The summed E-state index contributed by atoms with van der Waals surface area (Å²) in [6, 6.07) is 2.73. The first-order chi connectivity index (χ1) is 8.90. The summed E-state index contributed by atoms with van der Waals surface area (Å²) >= 11 is 5.57. The molecule has 0 radical (unpaired) electrons. The first kappa shape index (κ1) is 14.7. The first-order valence-corrected chi connectivity index (χ1v) is 7.92. The number of halogens is 2. The van der Waals surface area contributed by atoms with E-state index >= 15 is 0 Å². The van der Waals surface area contributed by atoms with Crippen LogP contribution in [0.25, 0.3) is 0 Å². The van der Waals surface area contributed by atoms with Crippen LogP contribution in [-0.4, -0.2) is 25.7 Å². The molecule has 7 heteroatoms. The van der Waals surface area contributed by atoms with Crippen molar-refractivity contribution >= 4 is 21.6 Å². The molecule has 0 aliphatic heterocycles. The second-order valence-corrected chi connectivity index (χ2v) is 6.78. The van der Waals surface area contributed by atoms with Crippen LogP contribution in [0.2, 0.25) is 5.02 Å². The number of aliphatic hydroxyl groups is 1. The van der Waals surface area contributed by atoms with Crippen molar-refractivity contribution in [2.45, 2.75) is 42.7 Å². The molecular formula is C12H15ClFNO3S. The van der Waals surface area contributed by atoms with Crippen LogP contribution in [0, 0.1) is 5.82 Å². The number of aliphatic hydroxyl groups excluding tert-OH is 1. The van der Waals surface area contributed by atoms with Gasteiger partial charge in [-0.05, 0) is 31.0 Å². The summed E-state index contributed by atoms with van der Waals surface area (Å²) in [5.74, 6) is -0.668. The average Bonchev–Trinajstić information content (AvgIpc) is 2.35. The van der Waals surface area contributed by atoms with Gasteiger partial charge < -0.3 is 5.11 Å². The smallest absolute Gasteiger partial charge is 0.240 e. The van der Waals surface area contributed by atoms with Crippen molar-refractivity contribution in [1.82, 2.24) is 4.72 Å². The molecule has 1 fully saturated rings. The van der Waals surface area contributed by atoms with Crippen molar-refractivity contribution in [2.24, 2.45) is 0 Å². The van der Waals surface area contributed by atoms with E-state index in [0.717, 1.165) is 31.0 Å². The minimum atomic E-state index is -3.79. The molecule has 0 amide bonds. The zero-order chi connectivity index (χ0) is 14.0. The molecule has 1 aromatic carbocycles. The third-order valence-electron chi connectivity index (χ3n) is 3.24. The quantitative estimate of drug-likeness (QED) is 0.898. The monoisotopic (exact) mass is 307 g/mol. The van der Waals surface area contributed by atoms with E-state index in [4.69, 9.17) is 11.6 Å². The molecule has 0 aromatic heterocycles. The number of hydrogen-bond acceptors (Lipinski definition) is 3. The highest BCUT2D eigenvalue weighted by molar-refractivity contribution is 7.89. The van der Waals surface area contributed by atoms with Crippen LogP contribution in [-0.2, 0) is 10.0 Å². The Balaban J connectivity index is 2.19. The Labute approximate surface area is 116 Å². The number of hydrogen-bond donors (Lipinski definition) is 2. The molecule has 1 aliphatic rings. The summed E-state index contributed by atoms with van der Waals surface area (Å²) in [5, 5.41) is 9.52. The van der Waals surface area contributed by atoms with Crippen LogP contribution in [0.5, 0.6) is 0 Å². The van der Waals surface area contributed by atoms with Gasteiger partial charge in [-0.3, -0.25) is 0 Å². The number of benzene rings is 1. The molecule has 1 aliphatic carbocycles. The van der Waals surface area contributed by atoms with Crippen molar-refractivity contribution in [2.75, 3.05) is 0 Å². The molecule has 106 valence electrons. The van der Waals surface area contributed by atoms with Gasteiger partial charge in [0.15, 0.2) is 0 Å². The Morgan fingerprint density at radius 2 is 2.00 bits per heavy atom. The van der Waals surface area contributed by atoms with E-state index in [-0.39, 0.29) is 9.92 Å². The molecule has 0 bridgehead atoms. The highest BCUT2D eigenvalue weighted by Gasteiger charge is 2.28. The Morgan fingerprint density at radius 3 is 2.63 bits per heavy atom. The first-order valence-electron chi connectivity index (χ1n) is 6.05. The van der Waals surface area contributed by atoms with Gasteiger partial charge in [0.1, 0.15) is 5.82 Å². The molecule has 0 saturated heterocycles. The van der Waals surface area contributed by atoms with Gasteiger partial charge >= 0.3 is 0 Å². The van der Waals surface area contributed by atoms with Gasteiger partial charge in [-0.1, -0.05) is 24.4 Å². The minimum Gasteiger partial charge on any atom is -0.391 e. The SMILES string of the molecule is O=S(=O)(N[C@H]1CCCC[C@@H]1O)c1ccc(F)c(Cl)c1. The lowest BCUT2D eigenvalue weighted by Gasteiger charge is -2.28. The zero-order valence-corrected chi connectivity index (χ0v) is 11.7. The second-order valence-electron chi connectivity index (χ2n) is 4.66. The second kappa shape index (κ2) is 5.75. The van der Waals surface area contributed by atoms with Crippen molar-refractivity contribution in [3.8, 4) is 0 Å². The summed E-state index contributed by atoms with van der Waals surface area (Å²) in [7, 11) is -3.79. The molecular weight excluding hydrogens is 293 g/mol. The Hall–Kier alpha value is -0.690. The molecule has 0 heterocycles. The number of sulfonamides is 1. The predicted molar refractivity (Wildman–Crippen MR) is 70.0 cm³/mol. The van der Waals surface area contributed by atoms with Gasteiger partial charge in [-0.25, -0.2) is 17.5 Å². The van der Waals surface area contributed by atoms with Gasteiger partial charge in [0.05, 0.1) is 16.0 Å². The fraction of sp³-hybridized carbons (Fsp3) is 0.500. The summed E-state index contributed by atoms with van der Waals surface area (Å²) in [6.07, 6.45) is 2.25. The Morgan fingerprint density at radius 1 is 1.32 bits per heavy atom. The van der Waals surface area contributed by atoms with E-state index in [2.05, 4.69) is 4.72 Å². The summed E-state index contributed by atoms with van der Waals surface area (Å²) < 4.78 is 39.7. The van der Waals surface area contributed by atoms with Crippen LogP contribution in [0.4, 0.5) is 4.39 Å². The molecule has 2 atom stereocenters. The van der Waals surface area contributed by atoms with Gasteiger partial charge in [0, 0.05) is 6.04 Å². The molecule has 4 nitrogen and oxygen atoms in total. The number of rotatable bonds is 3. The summed E-state index contributed by atoms with van der Waals surface area (Å²) in [5.41, 5.74) is 0. The van der Waals surface area contributed by atoms with Crippen molar-refractivity contribution in [3.63, 3.8) is 0 Å². The largest absolute Gasteiger partial charge is 0.391 e. The maximum atomic E-state index is 13.0. The number of nitrogens with one attached hydrogen (secondary N) is 1. The van der Waals surface area contributed by atoms with E-state index in [9.17, 15) is 17.9 Å². The topological polar surface area (TPSA) is 66.4 Å². The van der Waals surface area contributed by atoms with Gasteiger partial charge in [0.25, 0.3) is 0 Å². The average molecular weight is 308 g/mol. The van der Waals surface area contributed by atoms with Crippen LogP contribution in [0.3, 0.4) is 0 Å². The van der Waals surface area contributed by atoms with Gasteiger partial charge in [-0.15, -0.1) is 0 Å². The molecule has 2 rings (SSSR count). The third kappa shape index (κ3) is 3.45. The fourth-order valence-corrected chi connectivity index (χ4v) is 3.74. The Bertz CT molecular complexity index is 564. The van der Waals surface area contributed by atoms with Crippen LogP contribution >= 0.6 is 11.6 Å². The van der Waals surface area contributed by atoms with Gasteiger partial charge in [-0.2, -0.15) is 0 Å². The van der Waals surface area contributed by atoms with E-state index in [0.29, 0.717) is 12.8 Å². The summed E-state index contributed by atoms with van der Waals surface area (Å²) in [6.45, 7) is 0. The van der Waals surface area contributed by atoms with Gasteiger partial charge in [0.2, 0.25) is 10.0 Å². The molecule has 1 saturated carbocycles. The maximum Gasteiger partial charge on any atom is 0.240 e.